The molecule has 3 heterocycles. The van der Waals surface area contributed by atoms with Crippen molar-refractivity contribution in [1.29, 1.82) is 0 Å². The summed E-state index contributed by atoms with van der Waals surface area (Å²) in [5.41, 5.74) is 1.63. The summed E-state index contributed by atoms with van der Waals surface area (Å²) in [6.07, 6.45) is 0.368. The minimum Gasteiger partial charge on any atom is -0.395 e. The molecule has 2 aromatic heterocycles. The first kappa shape index (κ1) is 21.6. The Hall–Kier alpha value is -2.60. The largest absolute Gasteiger partial charge is 0.395 e. The van der Waals surface area contributed by atoms with E-state index < -0.39 is 10.0 Å². The Bertz CT molecular complexity index is 1120. The second kappa shape index (κ2) is 9.27. The number of hydrogen-bond donors (Lipinski definition) is 2. The lowest BCUT2D eigenvalue weighted by Crippen LogP contribution is -2.47. The summed E-state index contributed by atoms with van der Waals surface area (Å²) in [5.74, 6) is 1.43. The van der Waals surface area contributed by atoms with E-state index in [0.717, 1.165) is 37.6 Å². The highest BCUT2D eigenvalue weighted by Gasteiger charge is 2.19. The second-order valence-corrected chi connectivity index (χ2v) is 9.36. The number of fused-ring (bicyclic) bond motifs is 1. The normalized spacial score (nSPS) is 15.6. The van der Waals surface area contributed by atoms with Crippen molar-refractivity contribution in [2.24, 2.45) is 0 Å². The number of piperazine rings is 1. The monoisotopic (exact) mass is 445 g/mol. The van der Waals surface area contributed by atoms with Gasteiger partial charge in [-0.15, -0.1) is 15.3 Å². The van der Waals surface area contributed by atoms with Gasteiger partial charge in [0, 0.05) is 45.7 Å². The zero-order valence-electron chi connectivity index (χ0n) is 17.5. The van der Waals surface area contributed by atoms with Gasteiger partial charge in [0.2, 0.25) is 10.0 Å². The third-order valence-corrected chi connectivity index (χ3v) is 6.87. The predicted molar refractivity (Wildman–Crippen MR) is 117 cm³/mol. The average molecular weight is 446 g/mol. The van der Waals surface area contributed by atoms with Gasteiger partial charge >= 0.3 is 0 Å². The molecule has 0 unspecified atom stereocenters. The first-order valence-corrected chi connectivity index (χ1v) is 11.8. The maximum atomic E-state index is 12.5. The highest BCUT2D eigenvalue weighted by molar-refractivity contribution is 7.89. The molecule has 0 amide bonds. The van der Waals surface area contributed by atoms with Crippen LogP contribution in [-0.4, -0.2) is 84.1 Å². The fourth-order valence-electron chi connectivity index (χ4n) is 3.59. The number of β-amino-alcohol motifs (C(OH)–C–C–N with tert-alkyl or cyclic N) is 1. The molecule has 10 nitrogen and oxygen atoms in total. The molecule has 0 saturated carbocycles. The van der Waals surface area contributed by atoms with Crippen molar-refractivity contribution in [1.82, 2.24) is 29.4 Å². The molecule has 0 bridgehead atoms. The van der Waals surface area contributed by atoms with Crippen molar-refractivity contribution in [3.8, 4) is 0 Å². The zero-order chi connectivity index (χ0) is 21.8. The van der Waals surface area contributed by atoms with E-state index in [-0.39, 0.29) is 18.0 Å². The van der Waals surface area contributed by atoms with E-state index in [1.807, 2.05) is 19.1 Å². The number of aryl methyl sites for hydroxylation is 1. The van der Waals surface area contributed by atoms with Crippen molar-refractivity contribution in [3.05, 3.63) is 47.8 Å². The highest BCUT2D eigenvalue weighted by atomic mass is 32.2. The van der Waals surface area contributed by atoms with Crippen molar-refractivity contribution >= 4 is 21.5 Å². The first-order chi connectivity index (χ1) is 15.0. The Morgan fingerprint density at radius 1 is 1.03 bits per heavy atom. The summed E-state index contributed by atoms with van der Waals surface area (Å²) in [7, 11) is -3.58. The third-order valence-electron chi connectivity index (χ3n) is 5.40. The van der Waals surface area contributed by atoms with Gasteiger partial charge in [0.25, 0.3) is 0 Å². The van der Waals surface area contributed by atoms with Crippen molar-refractivity contribution in [2.45, 2.75) is 18.2 Å². The number of aliphatic hydroxyl groups excluding tert-OH is 1. The summed E-state index contributed by atoms with van der Waals surface area (Å²) in [6, 6.07) is 10.5. The maximum Gasteiger partial charge on any atom is 0.240 e. The molecule has 0 spiro atoms. The molecule has 0 aliphatic carbocycles. The molecular formula is C20H27N7O3S. The van der Waals surface area contributed by atoms with Crippen LogP contribution in [-0.2, 0) is 16.4 Å². The molecule has 1 aliphatic heterocycles. The van der Waals surface area contributed by atoms with E-state index in [1.54, 1.807) is 28.8 Å². The minimum atomic E-state index is -3.58. The number of rotatable bonds is 8. The molecule has 4 rings (SSSR count). The fraction of sp³-hybridized carbons (Fsp3) is 0.450. The number of aromatic nitrogens is 4. The van der Waals surface area contributed by atoms with Gasteiger partial charge in [0.05, 0.1) is 11.5 Å². The lowest BCUT2D eigenvalue weighted by molar-refractivity contribution is 0.188. The first-order valence-electron chi connectivity index (χ1n) is 10.3. The van der Waals surface area contributed by atoms with Crippen LogP contribution in [0.15, 0.2) is 41.3 Å². The van der Waals surface area contributed by atoms with Gasteiger partial charge in [0.1, 0.15) is 5.82 Å². The van der Waals surface area contributed by atoms with Crippen LogP contribution in [0, 0.1) is 6.92 Å². The highest BCUT2D eigenvalue weighted by Crippen LogP contribution is 2.15. The van der Waals surface area contributed by atoms with Crippen LogP contribution in [0.2, 0.25) is 0 Å². The lowest BCUT2D eigenvalue weighted by atomic mass is 10.2. The van der Waals surface area contributed by atoms with Gasteiger partial charge in [-0.2, -0.15) is 4.52 Å². The minimum absolute atomic E-state index is 0.169. The lowest BCUT2D eigenvalue weighted by Gasteiger charge is -2.34. The average Bonchev–Trinajstić information content (AvgIpc) is 3.17. The summed E-state index contributed by atoms with van der Waals surface area (Å²) >= 11 is 0. The van der Waals surface area contributed by atoms with Crippen LogP contribution in [0.25, 0.3) is 5.65 Å². The molecule has 11 heteroatoms. The Labute approximate surface area is 181 Å². The quantitative estimate of drug-likeness (QED) is 0.500. The Balaban J connectivity index is 1.42. The summed E-state index contributed by atoms with van der Waals surface area (Å²) in [6.45, 7) is 6.36. The van der Waals surface area contributed by atoms with Crippen LogP contribution < -0.4 is 9.62 Å². The van der Waals surface area contributed by atoms with E-state index in [9.17, 15) is 8.42 Å². The van der Waals surface area contributed by atoms with Gasteiger partial charge in [-0.1, -0.05) is 17.7 Å². The van der Waals surface area contributed by atoms with Crippen LogP contribution >= 0.6 is 0 Å². The number of benzene rings is 1. The number of nitrogens with one attached hydrogen (secondary N) is 1. The predicted octanol–water partition coefficient (Wildman–Crippen LogP) is 0.0680. The van der Waals surface area contributed by atoms with Gasteiger partial charge in [-0.25, -0.2) is 13.1 Å². The number of hydrogen-bond acceptors (Lipinski definition) is 8. The van der Waals surface area contributed by atoms with E-state index in [0.29, 0.717) is 24.4 Å². The van der Waals surface area contributed by atoms with Crippen molar-refractivity contribution in [3.63, 3.8) is 0 Å². The zero-order valence-corrected chi connectivity index (χ0v) is 18.3. The molecule has 1 aromatic carbocycles. The molecule has 3 aromatic rings. The number of sulfonamides is 1. The maximum absolute atomic E-state index is 12.5. The number of anilines is 1. The van der Waals surface area contributed by atoms with Crippen LogP contribution in [0.5, 0.6) is 0 Å². The smallest absolute Gasteiger partial charge is 0.240 e. The molecule has 166 valence electrons. The van der Waals surface area contributed by atoms with Gasteiger partial charge in [0.15, 0.2) is 11.5 Å². The topological polar surface area (TPSA) is 116 Å². The molecular weight excluding hydrogens is 418 g/mol. The molecule has 1 saturated heterocycles. The standard InChI is InChI=1S/C20H27N7O3S/c1-16-2-4-17(5-3-16)31(29,30)21-9-8-19-23-22-18-6-7-20(24-27(18)19)26-12-10-25(11-13-26)14-15-28/h2-7,21,28H,8-15H2,1H3. The molecule has 31 heavy (non-hydrogen) atoms. The number of aliphatic hydroxyl groups is 1. The molecule has 0 radical (unpaired) electrons. The van der Waals surface area contributed by atoms with Crippen LogP contribution in [0.1, 0.15) is 11.4 Å². The molecule has 0 atom stereocenters. The SMILES string of the molecule is Cc1ccc(S(=O)(=O)NCCc2nnc3ccc(N4CCN(CCO)CC4)nn23)cc1. The van der Waals surface area contributed by atoms with E-state index in [1.165, 1.54) is 0 Å². The van der Waals surface area contributed by atoms with E-state index in [4.69, 9.17) is 5.11 Å². The number of nitrogens with zero attached hydrogens (tertiary/aromatic N) is 6. The van der Waals surface area contributed by atoms with Crippen LogP contribution in [0.4, 0.5) is 5.82 Å². The van der Waals surface area contributed by atoms with Crippen molar-refractivity contribution < 1.29 is 13.5 Å². The van der Waals surface area contributed by atoms with Crippen molar-refractivity contribution in [2.75, 3.05) is 50.8 Å². The van der Waals surface area contributed by atoms with Gasteiger partial charge in [-0.3, -0.25) is 4.90 Å². The molecule has 2 N–H and O–H groups in total. The van der Waals surface area contributed by atoms with Gasteiger partial charge < -0.3 is 10.0 Å². The fourth-order valence-corrected chi connectivity index (χ4v) is 4.62. The Kier molecular flexibility index (Phi) is 6.46. The summed E-state index contributed by atoms with van der Waals surface area (Å²) in [4.78, 5) is 4.65. The van der Waals surface area contributed by atoms with E-state index in [2.05, 4.69) is 29.8 Å². The third kappa shape index (κ3) is 5.01. The summed E-state index contributed by atoms with van der Waals surface area (Å²) in [5, 5.41) is 22.1. The van der Waals surface area contributed by atoms with Gasteiger partial charge in [-0.05, 0) is 31.2 Å². The Morgan fingerprint density at radius 3 is 2.48 bits per heavy atom. The molecule has 1 fully saturated rings. The Morgan fingerprint density at radius 2 is 1.77 bits per heavy atom. The summed E-state index contributed by atoms with van der Waals surface area (Å²) < 4.78 is 29.2. The van der Waals surface area contributed by atoms with E-state index >= 15 is 0 Å². The van der Waals surface area contributed by atoms with Crippen LogP contribution in [0.3, 0.4) is 0 Å². The molecule has 1 aliphatic rings. The second-order valence-electron chi connectivity index (χ2n) is 7.59.